The molecule has 1 aliphatic heterocycles. The van der Waals surface area contributed by atoms with Gasteiger partial charge in [0.05, 0.1) is 19.3 Å². The Balaban J connectivity index is 1.67. The van der Waals surface area contributed by atoms with Crippen LogP contribution in [0, 0.1) is 0 Å². The van der Waals surface area contributed by atoms with Gasteiger partial charge in [0.25, 0.3) is 5.91 Å². The summed E-state index contributed by atoms with van der Waals surface area (Å²) >= 11 is 0. The number of benzene rings is 1. The van der Waals surface area contributed by atoms with E-state index in [0.717, 1.165) is 39.1 Å². The molecule has 1 atom stereocenters. The van der Waals surface area contributed by atoms with Crippen molar-refractivity contribution in [1.29, 1.82) is 0 Å². The zero-order chi connectivity index (χ0) is 16.1. The van der Waals surface area contributed by atoms with Crippen molar-refractivity contribution in [2.45, 2.75) is 37.3 Å². The highest BCUT2D eigenvalue weighted by Crippen LogP contribution is 2.30. The molecule has 3 rings (SSSR count). The number of morpholine rings is 1. The molecule has 1 aromatic carbocycles. The Labute approximate surface area is 137 Å². The van der Waals surface area contributed by atoms with Crippen molar-refractivity contribution in [2.24, 2.45) is 0 Å². The first-order valence-electron chi connectivity index (χ1n) is 8.56. The van der Waals surface area contributed by atoms with Crippen LogP contribution in [0.3, 0.4) is 0 Å². The van der Waals surface area contributed by atoms with Crippen molar-refractivity contribution in [3.8, 4) is 0 Å². The second-order valence-corrected chi connectivity index (χ2v) is 6.52. The average molecular weight is 318 g/mol. The molecule has 5 heteroatoms. The van der Waals surface area contributed by atoms with Crippen LogP contribution in [-0.4, -0.2) is 54.4 Å². The molecular weight excluding hydrogens is 292 g/mol. The van der Waals surface area contributed by atoms with Gasteiger partial charge < -0.3 is 15.2 Å². The van der Waals surface area contributed by atoms with Crippen LogP contribution in [0.2, 0.25) is 0 Å². The first-order valence-corrected chi connectivity index (χ1v) is 8.56. The molecule has 0 unspecified atom stereocenters. The van der Waals surface area contributed by atoms with Crippen molar-refractivity contribution in [1.82, 2.24) is 10.2 Å². The molecule has 2 N–H and O–H groups in total. The predicted molar refractivity (Wildman–Crippen MR) is 88.0 cm³/mol. The van der Waals surface area contributed by atoms with Gasteiger partial charge in [-0.15, -0.1) is 0 Å². The Morgan fingerprint density at radius 3 is 2.52 bits per heavy atom. The van der Waals surface area contributed by atoms with E-state index in [2.05, 4.69) is 22.3 Å². The van der Waals surface area contributed by atoms with Gasteiger partial charge in [-0.3, -0.25) is 9.69 Å². The van der Waals surface area contributed by atoms with Gasteiger partial charge in [0.15, 0.2) is 0 Å². The lowest BCUT2D eigenvalue weighted by atomic mass is 10.0. The van der Waals surface area contributed by atoms with Crippen LogP contribution in [0.15, 0.2) is 30.3 Å². The second-order valence-electron chi connectivity index (χ2n) is 6.52. The molecule has 1 aliphatic carbocycles. The van der Waals surface area contributed by atoms with Crippen LogP contribution < -0.4 is 5.32 Å². The third-order valence-electron chi connectivity index (χ3n) is 4.98. The van der Waals surface area contributed by atoms with Gasteiger partial charge in [-0.2, -0.15) is 0 Å². The number of hydrogen-bond donors (Lipinski definition) is 2. The Kier molecular flexibility index (Phi) is 5.30. The van der Waals surface area contributed by atoms with Crippen LogP contribution in [0.4, 0.5) is 0 Å². The highest BCUT2D eigenvalue weighted by Gasteiger charge is 2.39. The maximum Gasteiger partial charge on any atom is 0.252 e. The third kappa shape index (κ3) is 3.91. The minimum Gasteiger partial charge on any atom is -0.380 e. The maximum absolute atomic E-state index is 12.4. The summed E-state index contributed by atoms with van der Waals surface area (Å²) in [6.07, 6.45) is 3.00. The molecule has 1 saturated carbocycles. The van der Waals surface area contributed by atoms with Crippen LogP contribution >= 0.6 is 0 Å². The van der Waals surface area contributed by atoms with Crippen LogP contribution in [0.1, 0.15) is 37.3 Å². The number of hydrogen-bond acceptors (Lipinski definition) is 4. The summed E-state index contributed by atoms with van der Waals surface area (Å²) in [7, 11) is 0. The zero-order valence-electron chi connectivity index (χ0n) is 13.5. The van der Waals surface area contributed by atoms with Gasteiger partial charge in [-0.1, -0.05) is 30.3 Å². The first kappa shape index (κ1) is 16.4. The summed E-state index contributed by atoms with van der Waals surface area (Å²) in [6, 6.07) is 10.4. The number of carbonyl (C=O) groups excluding carboxylic acids is 1. The maximum atomic E-state index is 12.4. The molecule has 0 spiro atoms. The molecule has 0 bridgehead atoms. The van der Waals surface area contributed by atoms with E-state index in [4.69, 9.17) is 4.74 Å². The normalized spacial score (nSPS) is 22.7. The predicted octanol–water partition coefficient (Wildman–Crippen LogP) is 1.48. The smallest absolute Gasteiger partial charge is 0.252 e. The summed E-state index contributed by atoms with van der Waals surface area (Å²) in [6.45, 7) is 3.69. The van der Waals surface area contributed by atoms with Gasteiger partial charge in [0, 0.05) is 19.6 Å². The quantitative estimate of drug-likeness (QED) is 0.863. The van der Waals surface area contributed by atoms with E-state index in [9.17, 15) is 9.90 Å². The van der Waals surface area contributed by atoms with E-state index >= 15 is 0 Å². The fraction of sp³-hybridized carbons (Fsp3) is 0.611. The SMILES string of the molecule is O=C(NC[C@H](c1ccccc1)N1CCOCC1)C1(O)CCCC1. The average Bonchev–Trinajstić information content (AvgIpc) is 3.05. The Morgan fingerprint density at radius 2 is 1.87 bits per heavy atom. The highest BCUT2D eigenvalue weighted by molar-refractivity contribution is 5.85. The van der Waals surface area contributed by atoms with Crippen LogP contribution in [0.25, 0.3) is 0 Å². The molecule has 5 nitrogen and oxygen atoms in total. The lowest BCUT2D eigenvalue weighted by Gasteiger charge is -2.35. The molecule has 0 radical (unpaired) electrons. The fourth-order valence-electron chi connectivity index (χ4n) is 3.56. The Hall–Kier alpha value is -1.43. The summed E-state index contributed by atoms with van der Waals surface area (Å²) in [5.41, 5.74) is 0.0276. The number of ether oxygens (including phenoxy) is 1. The Bertz CT molecular complexity index is 508. The van der Waals surface area contributed by atoms with Crippen LogP contribution in [-0.2, 0) is 9.53 Å². The van der Waals surface area contributed by atoms with E-state index in [1.807, 2.05) is 18.2 Å². The molecule has 1 aromatic rings. The highest BCUT2D eigenvalue weighted by atomic mass is 16.5. The van der Waals surface area contributed by atoms with E-state index in [1.165, 1.54) is 5.56 Å². The molecule has 1 saturated heterocycles. The van der Waals surface area contributed by atoms with Gasteiger partial charge in [-0.05, 0) is 31.2 Å². The first-order chi connectivity index (χ1) is 11.2. The van der Waals surface area contributed by atoms with Crippen molar-refractivity contribution >= 4 is 5.91 Å². The summed E-state index contributed by atoms with van der Waals surface area (Å²) in [5.74, 6) is -0.218. The summed E-state index contributed by atoms with van der Waals surface area (Å²) < 4.78 is 5.44. The number of rotatable bonds is 5. The van der Waals surface area contributed by atoms with Crippen LogP contribution in [0.5, 0.6) is 0 Å². The molecule has 0 aromatic heterocycles. The Morgan fingerprint density at radius 1 is 1.22 bits per heavy atom. The fourth-order valence-corrected chi connectivity index (χ4v) is 3.56. The van der Waals surface area contributed by atoms with Crippen molar-refractivity contribution in [3.63, 3.8) is 0 Å². The minimum absolute atomic E-state index is 0.119. The second kappa shape index (κ2) is 7.43. The van der Waals surface area contributed by atoms with Gasteiger partial charge in [0.2, 0.25) is 0 Å². The summed E-state index contributed by atoms with van der Waals surface area (Å²) in [5, 5.41) is 13.4. The number of amides is 1. The molecule has 126 valence electrons. The molecule has 1 heterocycles. The largest absolute Gasteiger partial charge is 0.380 e. The topological polar surface area (TPSA) is 61.8 Å². The van der Waals surface area contributed by atoms with E-state index in [1.54, 1.807) is 0 Å². The zero-order valence-corrected chi connectivity index (χ0v) is 13.5. The van der Waals surface area contributed by atoms with E-state index in [0.29, 0.717) is 19.4 Å². The van der Waals surface area contributed by atoms with Crippen molar-refractivity contribution in [3.05, 3.63) is 35.9 Å². The van der Waals surface area contributed by atoms with Crippen molar-refractivity contribution in [2.75, 3.05) is 32.8 Å². The van der Waals surface area contributed by atoms with Gasteiger partial charge in [0.1, 0.15) is 5.60 Å². The monoisotopic (exact) mass is 318 g/mol. The molecular formula is C18H26N2O3. The number of aliphatic hydroxyl groups is 1. The third-order valence-corrected chi connectivity index (χ3v) is 4.98. The number of carbonyl (C=O) groups is 1. The minimum atomic E-state index is -1.16. The van der Waals surface area contributed by atoms with Crippen molar-refractivity contribution < 1.29 is 14.6 Å². The molecule has 2 aliphatic rings. The molecule has 23 heavy (non-hydrogen) atoms. The van der Waals surface area contributed by atoms with E-state index < -0.39 is 5.60 Å². The van der Waals surface area contributed by atoms with E-state index in [-0.39, 0.29) is 11.9 Å². The summed E-state index contributed by atoms with van der Waals surface area (Å²) in [4.78, 5) is 14.7. The van der Waals surface area contributed by atoms with Gasteiger partial charge in [-0.25, -0.2) is 0 Å². The molecule has 2 fully saturated rings. The van der Waals surface area contributed by atoms with Gasteiger partial charge >= 0.3 is 0 Å². The molecule has 1 amide bonds. The lowest BCUT2D eigenvalue weighted by molar-refractivity contribution is -0.139. The number of nitrogens with zero attached hydrogens (tertiary/aromatic N) is 1. The number of nitrogens with one attached hydrogen (secondary N) is 1. The lowest BCUT2D eigenvalue weighted by Crippen LogP contribution is -2.49. The standard InChI is InChI=1S/C18H26N2O3/c21-17(18(22)8-4-5-9-18)19-14-16(15-6-2-1-3-7-15)20-10-12-23-13-11-20/h1-3,6-7,16,22H,4-5,8-14H2,(H,19,21)/t16-/m1/s1.